The fraction of sp³-hybridized carbons (Fsp3) is 0.545. The number of rotatable bonds is 7. The zero-order valence-corrected chi connectivity index (χ0v) is 12.9. The van der Waals surface area contributed by atoms with Gasteiger partial charge in [-0.1, -0.05) is 0 Å². The highest BCUT2D eigenvalue weighted by atomic mass is 16.4. The van der Waals surface area contributed by atoms with Crippen LogP contribution < -0.4 is 28.7 Å². The molecule has 0 radical (unpaired) electrons. The molecule has 0 spiro atoms. The van der Waals surface area contributed by atoms with Crippen LogP contribution in [-0.2, 0) is 24.0 Å². The van der Waals surface area contributed by atoms with Gasteiger partial charge in [-0.3, -0.25) is 24.0 Å². The molecule has 0 heterocycles. The second-order valence-corrected chi connectivity index (χ2v) is 4.36. The number of carboxylic acids is 3. The predicted molar refractivity (Wildman–Crippen MR) is 80.1 cm³/mol. The number of nitrogens with two attached hydrogens (primary N) is 5. The van der Waals surface area contributed by atoms with Crippen LogP contribution in [-0.4, -0.2) is 63.2 Å². The monoisotopic (exact) mass is 353 g/mol. The van der Waals surface area contributed by atoms with Crippen molar-refractivity contribution >= 4 is 29.7 Å². The third-order valence-electron chi connectivity index (χ3n) is 1.87. The summed E-state index contributed by atoms with van der Waals surface area (Å²) in [5.41, 5.74) is 24.0. The highest BCUT2D eigenvalue weighted by molar-refractivity contribution is 5.83. The summed E-state index contributed by atoms with van der Waals surface area (Å²) in [5.74, 6) is -4.80. The van der Waals surface area contributed by atoms with Crippen molar-refractivity contribution in [2.45, 2.75) is 37.9 Å². The van der Waals surface area contributed by atoms with Crippen LogP contribution >= 0.6 is 0 Å². The summed E-state index contributed by atoms with van der Waals surface area (Å²) >= 11 is 0. The molecule has 0 aromatic carbocycles. The van der Waals surface area contributed by atoms with E-state index in [0.717, 1.165) is 0 Å². The smallest absolute Gasteiger partial charge is 0.321 e. The van der Waals surface area contributed by atoms with Crippen molar-refractivity contribution in [3.63, 3.8) is 0 Å². The Bertz CT molecular complexity index is 422. The van der Waals surface area contributed by atoms with Gasteiger partial charge in [0, 0.05) is 0 Å². The van der Waals surface area contributed by atoms with Crippen molar-refractivity contribution in [3.8, 4) is 0 Å². The van der Waals surface area contributed by atoms with Crippen molar-refractivity contribution in [2.75, 3.05) is 0 Å². The van der Waals surface area contributed by atoms with Crippen LogP contribution in [0.5, 0.6) is 0 Å². The lowest BCUT2D eigenvalue weighted by atomic mass is 10.2. The Morgan fingerprint density at radius 3 is 0.958 bits per heavy atom. The average molecular weight is 353 g/mol. The molecule has 24 heavy (non-hydrogen) atoms. The second kappa shape index (κ2) is 13.9. The van der Waals surface area contributed by atoms with E-state index in [1.807, 2.05) is 0 Å². The first-order valence-electron chi connectivity index (χ1n) is 6.24. The first-order chi connectivity index (χ1) is 10.7. The van der Waals surface area contributed by atoms with Gasteiger partial charge in [0.25, 0.3) is 0 Å². The molecule has 0 aliphatic carbocycles. The molecule has 140 valence electrons. The van der Waals surface area contributed by atoms with E-state index in [2.05, 4.69) is 11.5 Å². The molecular weight excluding hydrogens is 330 g/mol. The summed E-state index contributed by atoms with van der Waals surface area (Å²) in [6.45, 7) is 1.42. The molecule has 13 nitrogen and oxygen atoms in total. The largest absolute Gasteiger partial charge is 0.480 e. The normalized spacial score (nSPS) is 12.8. The third kappa shape index (κ3) is 21.5. The first-order valence-corrected chi connectivity index (χ1v) is 6.24. The van der Waals surface area contributed by atoms with Crippen molar-refractivity contribution in [1.29, 1.82) is 0 Å². The molecule has 0 fully saturated rings. The Morgan fingerprint density at radius 1 is 0.708 bits per heavy atom. The van der Waals surface area contributed by atoms with Gasteiger partial charge < -0.3 is 44.0 Å². The first kappa shape index (κ1) is 26.1. The van der Waals surface area contributed by atoms with E-state index in [1.165, 1.54) is 6.92 Å². The van der Waals surface area contributed by atoms with E-state index in [-0.39, 0.29) is 12.8 Å². The average Bonchev–Trinajstić information content (AvgIpc) is 2.38. The Labute approximate surface area is 136 Å². The second-order valence-electron chi connectivity index (χ2n) is 4.36. The lowest BCUT2D eigenvalue weighted by molar-refractivity contribution is -0.140. The van der Waals surface area contributed by atoms with Gasteiger partial charge in [-0.05, 0) is 6.92 Å². The summed E-state index contributed by atoms with van der Waals surface area (Å²) < 4.78 is 0. The minimum atomic E-state index is -1.21. The van der Waals surface area contributed by atoms with Crippen LogP contribution in [0.25, 0.3) is 0 Å². The number of hydrogen-bond acceptors (Lipinski definition) is 8. The van der Waals surface area contributed by atoms with E-state index in [1.54, 1.807) is 0 Å². The minimum absolute atomic E-state index is 0.310. The fourth-order valence-electron chi connectivity index (χ4n) is 0.608. The predicted octanol–water partition coefficient (Wildman–Crippen LogP) is -4.03. The van der Waals surface area contributed by atoms with Gasteiger partial charge >= 0.3 is 17.9 Å². The molecule has 3 atom stereocenters. The SMILES string of the molecule is CC(N)C(=O)O.NC(=O)CC(N)C(=O)O.NC(=O)CC(N)C(=O)O. The van der Waals surface area contributed by atoms with Gasteiger partial charge in [0.05, 0.1) is 12.8 Å². The number of carbonyl (C=O) groups is 5. The Balaban J connectivity index is -0.000000282. The van der Waals surface area contributed by atoms with E-state index in [0.29, 0.717) is 0 Å². The topological polar surface area (TPSA) is 276 Å². The Kier molecular flexibility index (Phi) is 15.1. The maximum Gasteiger partial charge on any atom is 0.321 e. The lowest BCUT2D eigenvalue weighted by Crippen LogP contribution is -2.34. The molecule has 0 bridgehead atoms. The number of carbonyl (C=O) groups excluding carboxylic acids is 2. The van der Waals surface area contributed by atoms with Gasteiger partial charge in [0.2, 0.25) is 11.8 Å². The van der Waals surface area contributed by atoms with Crippen LogP contribution in [0, 0.1) is 0 Å². The molecule has 2 amide bonds. The molecular formula is C11H23N5O8. The highest BCUT2D eigenvalue weighted by Gasteiger charge is 2.13. The Hall–Kier alpha value is -2.77. The molecule has 0 aliphatic rings. The molecule has 0 aromatic rings. The zero-order valence-electron chi connectivity index (χ0n) is 12.9. The summed E-state index contributed by atoms with van der Waals surface area (Å²) in [7, 11) is 0. The van der Waals surface area contributed by atoms with Crippen LogP contribution in [0.3, 0.4) is 0 Å². The van der Waals surface area contributed by atoms with Crippen molar-refractivity contribution < 1.29 is 39.3 Å². The van der Waals surface area contributed by atoms with Crippen LogP contribution in [0.4, 0.5) is 0 Å². The van der Waals surface area contributed by atoms with Gasteiger partial charge in [-0.2, -0.15) is 0 Å². The summed E-state index contributed by atoms with van der Waals surface area (Å²) in [4.78, 5) is 49.4. The molecule has 0 saturated carbocycles. The van der Waals surface area contributed by atoms with Crippen molar-refractivity contribution in [1.82, 2.24) is 0 Å². The van der Waals surface area contributed by atoms with E-state index in [9.17, 15) is 24.0 Å². The minimum Gasteiger partial charge on any atom is -0.480 e. The highest BCUT2D eigenvalue weighted by Crippen LogP contribution is 1.85. The molecule has 13 heteroatoms. The molecule has 0 aliphatic heterocycles. The standard InChI is InChI=1S/2C4H8N2O3.C3H7NO2/c2*5-2(4(8)9)1-3(6)7;1-2(4)3(5)6/h2*2H,1,5H2,(H2,6,7)(H,8,9);2H,4H2,1H3,(H,5,6). The zero-order chi connectivity index (χ0) is 20.0. The number of amides is 2. The summed E-state index contributed by atoms with van der Waals surface area (Å²) in [5, 5.41) is 24.1. The fourth-order valence-corrected chi connectivity index (χ4v) is 0.608. The van der Waals surface area contributed by atoms with Crippen LogP contribution in [0.15, 0.2) is 0 Å². The van der Waals surface area contributed by atoms with Gasteiger partial charge in [0.1, 0.15) is 18.1 Å². The molecule has 0 aromatic heterocycles. The summed E-state index contributed by atoms with van der Waals surface area (Å²) in [6, 6.07) is -3.06. The number of hydrogen-bond donors (Lipinski definition) is 8. The molecule has 13 N–H and O–H groups in total. The quantitative estimate of drug-likeness (QED) is 0.218. The maximum atomic E-state index is 9.99. The summed E-state index contributed by atoms with van der Waals surface area (Å²) in [6.07, 6.45) is -0.620. The van der Waals surface area contributed by atoms with Crippen LogP contribution in [0.2, 0.25) is 0 Å². The van der Waals surface area contributed by atoms with Gasteiger partial charge in [-0.25, -0.2) is 0 Å². The van der Waals surface area contributed by atoms with Gasteiger partial charge in [0.15, 0.2) is 0 Å². The lowest BCUT2D eigenvalue weighted by Gasteiger charge is -1.99. The number of primary amides is 2. The maximum absolute atomic E-state index is 9.99. The van der Waals surface area contributed by atoms with E-state index < -0.39 is 47.8 Å². The number of aliphatic carboxylic acids is 3. The van der Waals surface area contributed by atoms with Crippen molar-refractivity contribution in [2.24, 2.45) is 28.7 Å². The molecule has 0 saturated heterocycles. The van der Waals surface area contributed by atoms with E-state index >= 15 is 0 Å². The van der Waals surface area contributed by atoms with Gasteiger partial charge in [-0.15, -0.1) is 0 Å². The third-order valence-corrected chi connectivity index (χ3v) is 1.87. The number of carboxylic acid groups (broad SMARTS) is 3. The van der Waals surface area contributed by atoms with Crippen LogP contribution in [0.1, 0.15) is 19.8 Å². The Morgan fingerprint density at radius 2 is 0.917 bits per heavy atom. The molecule has 0 rings (SSSR count). The van der Waals surface area contributed by atoms with E-state index in [4.69, 9.17) is 32.5 Å². The van der Waals surface area contributed by atoms with Crippen molar-refractivity contribution in [3.05, 3.63) is 0 Å². The molecule has 3 unspecified atom stereocenters.